The van der Waals surface area contributed by atoms with Crippen LogP contribution in [-0.2, 0) is 16.4 Å². The zero-order valence-electron chi connectivity index (χ0n) is 20.3. The highest BCUT2D eigenvalue weighted by molar-refractivity contribution is 7.89. The molecule has 1 atom stereocenters. The van der Waals surface area contributed by atoms with Crippen molar-refractivity contribution in [3.8, 4) is 11.5 Å². The molecule has 1 fully saturated rings. The highest BCUT2D eigenvalue weighted by Gasteiger charge is 2.26. The molecule has 0 radical (unpaired) electrons. The van der Waals surface area contributed by atoms with Crippen LogP contribution in [0.25, 0.3) is 0 Å². The molecule has 2 aliphatic rings. The fourth-order valence-corrected chi connectivity index (χ4v) is 5.41. The molecule has 0 aromatic heterocycles. The Morgan fingerprint density at radius 3 is 2.59 bits per heavy atom. The van der Waals surface area contributed by atoms with Crippen LogP contribution < -0.4 is 19.7 Å². The number of hydrogen-bond acceptors (Lipinski definition) is 6. The van der Waals surface area contributed by atoms with Gasteiger partial charge in [0.1, 0.15) is 17.6 Å². The van der Waals surface area contributed by atoms with Gasteiger partial charge >= 0.3 is 0 Å². The lowest BCUT2D eigenvalue weighted by molar-refractivity contribution is 0.102. The molecule has 1 N–H and O–H groups in total. The summed E-state index contributed by atoms with van der Waals surface area (Å²) in [6.07, 6.45) is 4.07. The first-order chi connectivity index (χ1) is 16.2. The van der Waals surface area contributed by atoms with E-state index in [0.29, 0.717) is 23.6 Å². The number of nitrogens with one attached hydrogen (secondary N) is 1. The van der Waals surface area contributed by atoms with Crippen molar-refractivity contribution in [3.63, 3.8) is 0 Å². The van der Waals surface area contributed by atoms with Crippen molar-refractivity contribution in [2.24, 2.45) is 0 Å². The van der Waals surface area contributed by atoms with Gasteiger partial charge in [-0.05, 0) is 57.4 Å². The molecule has 9 heteroatoms. The van der Waals surface area contributed by atoms with E-state index in [9.17, 15) is 13.2 Å². The number of carbonyl (C=O) groups excluding carboxylic acids is 1. The lowest BCUT2D eigenvalue weighted by Crippen LogP contribution is -2.32. The zero-order valence-corrected chi connectivity index (χ0v) is 21.1. The fraction of sp³-hybridized carbons (Fsp3) is 0.480. The Balaban J connectivity index is 1.74. The van der Waals surface area contributed by atoms with E-state index < -0.39 is 10.0 Å². The van der Waals surface area contributed by atoms with E-state index in [-0.39, 0.29) is 16.9 Å². The van der Waals surface area contributed by atoms with Crippen molar-refractivity contribution in [1.29, 1.82) is 0 Å². The number of piperidine rings is 1. The van der Waals surface area contributed by atoms with Gasteiger partial charge in [0.25, 0.3) is 5.91 Å². The van der Waals surface area contributed by atoms with E-state index in [1.807, 2.05) is 19.9 Å². The van der Waals surface area contributed by atoms with Gasteiger partial charge < -0.3 is 19.7 Å². The molecule has 0 spiro atoms. The van der Waals surface area contributed by atoms with Gasteiger partial charge in [-0.2, -0.15) is 0 Å². The first-order valence-corrected chi connectivity index (χ1v) is 13.2. The number of hydrogen-bond donors (Lipinski definition) is 1. The number of sulfonamides is 1. The molecule has 2 heterocycles. The zero-order chi connectivity index (χ0) is 24.5. The lowest BCUT2D eigenvalue weighted by Gasteiger charge is -2.30. The van der Waals surface area contributed by atoms with E-state index in [1.165, 1.54) is 20.2 Å². The summed E-state index contributed by atoms with van der Waals surface area (Å²) in [5.41, 5.74) is 2.60. The van der Waals surface area contributed by atoms with Crippen LogP contribution in [0.3, 0.4) is 0 Å². The molecule has 1 saturated heterocycles. The third-order valence-electron chi connectivity index (χ3n) is 6.23. The molecule has 1 amide bonds. The number of nitrogens with zero attached hydrogens (tertiary/aromatic N) is 2. The Hall–Kier alpha value is -2.78. The van der Waals surface area contributed by atoms with Crippen LogP contribution in [0.1, 0.15) is 49.0 Å². The maximum Gasteiger partial charge on any atom is 0.257 e. The number of amides is 1. The Kier molecular flexibility index (Phi) is 7.04. The summed E-state index contributed by atoms with van der Waals surface area (Å²) in [5.74, 6) is 0.915. The molecule has 0 unspecified atom stereocenters. The van der Waals surface area contributed by atoms with E-state index in [2.05, 4.69) is 10.2 Å². The molecule has 2 aromatic carbocycles. The number of ether oxygens (including phenoxy) is 2. The third kappa shape index (κ3) is 4.86. The lowest BCUT2D eigenvalue weighted by atomic mass is 10.1. The van der Waals surface area contributed by atoms with Gasteiger partial charge in [0.15, 0.2) is 0 Å². The molecule has 34 heavy (non-hydrogen) atoms. The SMILES string of the molecule is CCOc1cc2c(cc1NC(=O)c1cc(S(=O)(=O)N(C)C)ccc1N1CCCCC1)O[C@H](C)C2. The number of anilines is 2. The van der Waals surface area contributed by atoms with Crippen molar-refractivity contribution in [2.45, 2.75) is 50.5 Å². The Bertz CT molecular complexity index is 1170. The van der Waals surface area contributed by atoms with E-state index in [0.717, 1.165) is 60.1 Å². The predicted molar refractivity (Wildman–Crippen MR) is 133 cm³/mol. The summed E-state index contributed by atoms with van der Waals surface area (Å²) in [5, 5.41) is 2.96. The van der Waals surface area contributed by atoms with Crippen LogP contribution in [0.4, 0.5) is 11.4 Å². The maximum atomic E-state index is 13.6. The fourth-order valence-electron chi connectivity index (χ4n) is 4.48. The second-order valence-electron chi connectivity index (χ2n) is 8.99. The highest BCUT2D eigenvalue weighted by atomic mass is 32.2. The minimum Gasteiger partial charge on any atom is -0.492 e. The molecule has 4 rings (SSSR count). The topological polar surface area (TPSA) is 88.2 Å². The van der Waals surface area contributed by atoms with Gasteiger partial charge in [0.2, 0.25) is 10.0 Å². The van der Waals surface area contributed by atoms with E-state index in [4.69, 9.17) is 9.47 Å². The van der Waals surface area contributed by atoms with Gasteiger partial charge in [0, 0.05) is 50.9 Å². The molecule has 0 aliphatic carbocycles. The number of rotatable bonds is 7. The first-order valence-electron chi connectivity index (χ1n) is 11.8. The van der Waals surface area contributed by atoms with Crippen LogP contribution >= 0.6 is 0 Å². The van der Waals surface area contributed by atoms with Crippen molar-refractivity contribution in [3.05, 3.63) is 41.5 Å². The molecular weight excluding hydrogens is 454 g/mol. The predicted octanol–water partition coefficient (Wildman–Crippen LogP) is 3.90. The van der Waals surface area contributed by atoms with Crippen molar-refractivity contribution in [2.75, 3.05) is 44.0 Å². The molecule has 2 aliphatic heterocycles. The molecular formula is C25H33N3O5S. The molecule has 184 valence electrons. The van der Waals surface area contributed by atoms with Crippen LogP contribution in [0.15, 0.2) is 35.2 Å². The Morgan fingerprint density at radius 1 is 1.18 bits per heavy atom. The second-order valence-corrected chi connectivity index (χ2v) is 11.1. The summed E-state index contributed by atoms with van der Waals surface area (Å²) in [7, 11) is -0.735. The van der Waals surface area contributed by atoms with Crippen LogP contribution in [0, 0.1) is 0 Å². The van der Waals surface area contributed by atoms with Crippen molar-refractivity contribution < 1.29 is 22.7 Å². The Labute approximate surface area is 201 Å². The Morgan fingerprint density at radius 2 is 1.91 bits per heavy atom. The monoisotopic (exact) mass is 487 g/mol. The average Bonchev–Trinajstić information content (AvgIpc) is 3.18. The molecule has 0 saturated carbocycles. The first kappa shape index (κ1) is 24.3. The van der Waals surface area contributed by atoms with Crippen molar-refractivity contribution in [1.82, 2.24) is 4.31 Å². The van der Waals surface area contributed by atoms with Crippen molar-refractivity contribution >= 4 is 27.3 Å². The van der Waals surface area contributed by atoms with Gasteiger partial charge in [-0.15, -0.1) is 0 Å². The summed E-state index contributed by atoms with van der Waals surface area (Å²) < 4.78 is 38.4. The smallest absolute Gasteiger partial charge is 0.257 e. The van der Waals surface area contributed by atoms with Crippen LogP contribution in [0.2, 0.25) is 0 Å². The minimum absolute atomic E-state index is 0.0639. The average molecular weight is 488 g/mol. The van der Waals surface area contributed by atoms with Gasteiger partial charge in [0.05, 0.1) is 22.8 Å². The highest BCUT2D eigenvalue weighted by Crippen LogP contribution is 2.39. The number of carbonyl (C=O) groups is 1. The van der Waals surface area contributed by atoms with Gasteiger partial charge in [-0.1, -0.05) is 0 Å². The maximum absolute atomic E-state index is 13.6. The quantitative estimate of drug-likeness (QED) is 0.637. The largest absolute Gasteiger partial charge is 0.492 e. The van der Waals surface area contributed by atoms with E-state index in [1.54, 1.807) is 18.2 Å². The number of fused-ring (bicyclic) bond motifs is 1. The normalized spacial score (nSPS) is 17.9. The second kappa shape index (κ2) is 9.84. The van der Waals surface area contributed by atoms with Crippen LogP contribution in [0.5, 0.6) is 11.5 Å². The summed E-state index contributed by atoms with van der Waals surface area (Å²) in [4.78, 5) is 15.8. The summed E-state index contributed by atoms with van der Waals surface area (Å²) in [6, 6.07) is 8.50. The molecule has 2 aromatic rings. The molecule has 0 bridgehead atoms. The summed E-state index contributed by atoms with van der Waals surface area (Å²) in [6.45, 7) is 6.00. The summed E-state index contributed by atoms with van der Waals surface area (Å²) >= 11 is 0. The number of benzene rings is 2. The minimum atomic E-state index is -3.69. The molecule has 8 nitrogen and oxygen atoms in total. The van der Waals surface area contributed by atoms with Crippen LogP contribution in [-0.4, -0.2) is 58.5 Å². The standard InChI is InChI=1S/C25H33N3O5S/c1-5-32-24-14-18-13-17(2)33-23(18)16-21(24)26-25(29)20-15-19(34(30,31)27(3)4)9-10-22(20)28-11-7-6-8-12-28/h9-10,14-17H,5-8,11-13H2,1-4H3,(H,26,29)/t17-/m1/s1. The van der Waals surface area contributed by atoms with Gasteiger partial charge in [-0.3, -0.25) is 4.79 Å². The van der Waals surface area contributed by atoms with E-state index >= 15 is 0 Å². The van der Waals surface area contributed by atoms with Gasteiger partial charge in [-0.25, -0.2) is 12.7 Å². The third-order valence-corrected chi connectivity index (χ3v) is 8.05.